The minimum atomic E-state index is -0.0848. The first kappa shape index (κ1) is 11.9. The minimum Gasteiger partial charge on any atom is -0.451 e. The fourth-order valence-corrected chi connectivity index (χ4v) is 2.04. The van der Waals surface area contributed by atoms with Gasteiger partial charge in [0.05, 0.1) is 13.2 Å². The Hall–Kier alpha value is -2.14. The minimum absolute atomic E-state index is 0.0848. The monoisotopic (exact) mass is 258 g/mol. The number of carbonyl (C=O) groups is 1. The first-order valence-corrected chi connectivity index (χ1v) is 6.22. The molecule has 3 rings (SSSR count). The average molecular weight is 258 g/mol. The molecule has 0 unspecified atom stereocenters. The van der Waals surface area contributed by atoms with Gasteiger partial charge in [0.25, 0.3) is 5.91 Å². The summed E-state index contributed by atoms with van der Waals surface area (Å²) in [5, 5.41) is 0. The second-order valence-electron chi connectivity index (χ2n) is 4.31. The number of furan rings is 1. The molecule has 0 atom stereocenters. The molecule has 1 saturated heterocycles. The fourth-order valence-electron chi connectivity index (χ4n) is 2.04. The van der Waals surface area contributed by atoms with Crippen LogP contribution in [-0.4, -0.2) is 42.1 Å². The predicted octanol–water partition coefficient (Wildman–Crippen LogP) is 1.81. The zero-order valence-corrected chi connectivity index (χ0v) is 10.4. The van der Waals surface area contributed by atoms with Crippen LogP contribution in [0.1, 0.15) is 10.6 Å². The third-order valence-corrected chi connectivity index (χ3v) is 3.06. The van der Waals surface area contributed by atoms with Gasteiger partial charge in [-0.25, -0.2) is 0 Å². The molecule has 0 spiro atoms. The van der Waals surface area contributed by atoms with Crippen LogP contribution >= 0.6 is 0 Å². The third kappa shape index (κ3) is 2.51. The van der Waals surface area contributed by atoms with E-state index in [1.54, 1.807) is 29.4 Å². The SMILES string of the molecule is O=C(c1ccc(-c2cccnc2)o1)N1CCOCC1. The van der Waals surface area contributed by atoms with Gasteiger partial charge in [0.15, 0.2) is 5.76 Å². The van der Waals surface area contributed by atoms with Crippen LogP contribution in [0.3, 0.4) is 0 Å². The van der Waals surface area contributed by atoms with E-state index in [0.29, 0.717) is 37.8 Å². The van der Waals surface area contributed by atoms with E-state index in [1.807, 2.05) is 12.1 Å². The number of aromatic nitrogens is 1. The molecule has 1 aliphatic rings. The normalized spacial score (nSPS) is 15.5. The topological polar surface area (TPSA) is 55.6 Å². The van der Waals surface area contributed by atoms with Gasteiger partial charge in [-0.1, -0.05) is 0 Å². The van der Waals surface area contributed by atoms with Crippen LogP contribution in [0, 0.1) is 0 Å². The maximum atomic E-state index is 12.2. The molecule has 1 fully saturated rings. The van der Waals surface area contributed by atoms with E-state index in [2.05, 4.69) is 4.98 Å². The Kier molecular flexibility index (Phi) is 3.29. The molecule has 1 aliphatic heterocycles. The van der Waals surface area contributed by atoms with Crippen molar-refractivity contribution in [3.8, 4) is 11.3 Å². The van der Waals surface area contributed by atoms with Crippen molar-refractivity contribution < 1.29 is 13.9 Å². The van der Waals surface area contributed by atoms with E-state index >= 15 is 0 Å². The average Bonchev–Trinajstić information content (AvgIpc) is 2.98. The predicted molar refractivity (Wildman–Crippen MR) is 68.7 cm³/mol. The first-order chi connectivity index (χ1) is 9.34. The highest BCUT2D eigenvalue weighted by Gasteiger charge is 2.21. The Morgan fingerprint density at radius 1 is 1.21 bits per heavy atom. The fraction of sp³-hybridized carbons (Fsp3) is 0.286. The lowest BCUT2D eigenvalue weighted by atomic mass is 10.2. The molecule has 2 aromatic heterocycles. The molecule has 2 aromatic rings. The highest BCUT2D eigenvalue weighted by atomic mass is 16.5. The maximum Gasteiger partial charge on any atom is 0.289 e. The molecule has 0 radical (unpaired) electrons. The molecule has 5 heteroatoms. The van der Waals surface area contributed by atoms with Gasteiger partial charge in [-0.3, -0.25) is 9.78 Å². The second-order valence-corrected chi connectivity index (χ2v) is 4.31. The van der Waals surface area contributed by atoms with Crippen molar-refractivity contribution in [2.24, 2.45) is 0 Å². The summed E-state index contributed by atoms with van der Waals surface area (Å²) in [6, 6.07) is 7.24. The molecule has 3 heterocycles. The van der Waals surface area contributed by atoms with Crippen LogP contribution < -0.4 is 0 Å². The second kappa shape index (κ2) is 5.24. The van der Waals surface area contributed by atoms with Crippen molar-refractivity contribution in [2.75, 3.05) is 26.3 Å². The van der Waals surface area contributed by atoms with Crippen molar-refractivity contribution in [1.82, 2.24) is 9.88 Å². The Morgan fingerprint density at radius 3 is 2.79 bits per heavy atom. The summed E-state index contributed by atoms with van der Waals surface area (Å²) in [5.41, 5.74) is 0.864. The lowest BCUT2D eigenvalue weighted by Crippen LogP contribution is -2.40. The quantitative estimate of drug-likeness (QED) is 0.824. The van der Waals surface area contributed by atoms with E-state index in [1.165, 1.54) is 0 Å². The van der Waals surface area contributed by atoms with Crippen LogP contribution in [0.5, 0.6) is 0 Å². The maximum absolute atomic E-state index is 12.2. The van der Waals surface area contributed by atoms with Gasteiger partial charge < -0.3 is 14.1 Å². The number of amides is 1. The van der Waals surface area contributed by atoms with Crippen molar-refractivity contribution in [3.63, 3.8) is 0 Å². The van der Waals surface area contributed by atoms with Gasteiger partial charge in [0.1, 0.15) is 5.76 Å². The van der Waals surface area contributed by atoms with Gasteiger partial charge in [0, 0.05) is 31.0 Å². The van der Waals surface area contributed by atoms with Crippen LogP contribution in [0.4, 0.5) is 0 Å². The third-order valence-electron chi connectivity index (χ3n) is 3.06. The van der Waals surface area contributed by atoms with Crippen LogP contribution in [0.2, 0.25) is 0 Å². The number of carbonyl (C=O) groups excluding carboxylic acids is 1. The number of nitrogens with zero attached hydrogens (tertiary/aromatic N) is 2. The zero-order chi connectivity index (χ0) is 13.1. The summed E-state index contributed by atoms with van der Waals surface area (Å²) < 4.78 is 10.8. The van der Waals surface area contributed by atoms with Crippen molar-refractivity contribution in [1.29, 1.82) is 0 Å². The Balaban J connectivity index is 1.79. The van der Waals surface area contributed by atoms with E-state index in [0.717, 1.165) is 5.56 Å². The van der Waals surface area contributed by atoms with Gasteiger partial charge in [-0.05, 0) is 24.3 Å². The molecule has 1 amide bonds. The van der Waals surface area contributed by atoms with Crippen LogP contribution in [0.25, 0.3) is 11.3 Å². The van der Waals surface area contributed by atoms with Crippen LogP contribution in [-0.2, 0) is 4.74 Å². The number of ether oxygens (including phenoxy) is 1. The standard InChI is InChI=1S/C14H14N2O3/c17-14(16-6-8-18-9-7-16)13-4-3-12(19-13)11-2-1-5-15-10-11/h1-5,10H,6-9H2. The Labute approximate surface area is 110 Å². The summed E-state index contributed by atoms with van der Waals surface area (Å²) in [5.74, 6) is 0.934. The van der Waals surface area contributed by atoms with Crippen molar-refractivity contribution in [3.05, 3.63) is 42.4 Å². The van der Waals surface area contributed by atoms with Crippen LogP contribution in [0.15, 0.2) is 41.1 Å². The number of pyridine rings is 1. The van der Waals surface area contributed by atoms with Crippen molar-refractivity contribution >= 4 is 5.91 Å². The lowest BCUT2D eigenvalue weighted by Gasteiger charge is -2.25. The zero-order valence-electron chi connectivity index (χ0n) is 10.4. The number of rotatable bonds is 2. The molecule has 0 N–H and O–H groups in total. The summed E-state index contributed by atoms with van der Waals surface area (Å²) in [7, 11) is 0. The Bertz CT molecular complexity index is 559. The van der Waals surface area contributed by atoms with Crippen molar-refractivity contribution in [2.45, 2.75) is 0 Å². The molecule has 5 nitrogen and oxygen atoms in total. The largest absolute Gasteiger partial charge is 0.451 e. The van der Waals surface area contributed by atoms with E-state index in [4.69, 9.17) is 9.15 Å². The first-order valence-electron chi connectivity index (χ1n) is 6.22. The van der Waals surface area contributed by atoms with Gasteiger partial charge in [0.2, 0.25) is 0 Å². The van der Waals surface area contributed by atoms with Gasteiger partial charge >= 0.3 is 0 Å². The molecule has 0 aromatic carbocycles. The lowest BCUT2D eigenvalue weighted by molar-refractivity contribution is 0.0283. The number of hydrogen-bond acceptors (Lipinski definition) is 4. The summed E-state index contributed by atoms with van der Waals surface area (Å²) in [4.78, 5) is 18.0. The molecular weight excluding hydrogens is 244 g/mol. The summed E-state index contributed by atoms with van der Waals surface area (Å²) >= 11 is 0. The smallest absolute Gasteiger partial charge is 0.289 e. The summed E-state index contributed by atoms with van der Waals surface area (Å²) in [6.07, 6.45) is 3.41. The van der Waals surface area contributed by atoms with E-state index in [-0.39, 0.29) is 5.91 Å². The number of hydrogen-bond donors (Lipinski definition) is 0. The highest BCUT2D eigenvalue weighted by molar-refractivity contribution is 5.92. The van der Waals surface area contributed by atoms with E-state index in [9.17, 15) is 4.79 Å². The Morgan fingerprint density at radius 2 is 2.05 bits per heavy atom. The van der Waals surface area contributed by atoms with Gasteiger partial charge in [-0.2, -0.15) is 0 Å². The van der Waals surface area contributed by atoms with E-state index < -0.39 is 0 Å². The molecule has 98 valence electrons. The molecule has 0 saturated carbocycles. The molecular formula is C14H14N2O3. The molecule has 0 aliphatic carbocycles. The summed E-state index contributed by atoms with van der Waals surface area (Å²) in [6.45, 7) is 2.40. The highest BCUT2D eigenvalue weighted by Crippen LogP contribution is 2.22. The van der Waals surface area contributed by atoms with Gasteiger partial charge in [-0.15, -0.1) is 0 Å². The number of morpholine rings is 1. The molecule has 19 heavy (non-hydrogen) atoms. The molecule has 0 bridgehead atoms.